The molecule has 1 aliphatic heterocycles. The van der Waals surface area contributed by atoms with E-state index in [0.717, 1.165) is 41.5 Å². The van der Waals surface area contributed by atoms with E-state index in [2.05, 4.69) is 15.6 Å². The molecule has 0 saturated heterocycles. The van der Waals surface area contributed by atoms with Gasteiger partial charge in [-0.05, 0) is 53.4 Å². The summed E-state index contributed by atoms with van der Waals surface area (Å²) in [7, 11) is 0. The van der Waals surface area contributed by atoms with Gasteiger partial charge < -0.3 is 15.7 Å². The predicted octanol–water partition coefficient (Wildman–Crippen LogP) is 2.82. The summed E-state index contributed by atoms with van der Waals surface area (Å²) in [5.74, 6) is -0.277. The minimum atomic E-state index is -0.273. The number of phenolic OH excluding ortho intramolecular Hbond substituents is 1. The topological polar surface area (TPSA) is 74.2 Å². The molecule has 0 atom stereocenters. The second-order valence-corrected chi connectivity index (χ2v) is 6.62. The number of aryl methyl sites for hydroxylation is 1. The zero-order valence-corrected chi connectivity index (χ0v) is 14.7. The van der Waals surface area contributed by atoms with Gasteiger partial charge in [-0.2, -0.15) is 0 Å². The maximum atomic E-state index is 12.8. The molecule has 1 aromatic heterocycles. The molecule has 2 heterocycles. The first-order chi connectivity index (χ1) is 12.6. The van der Waals surface area contributed by atoms with Crippen LogP contribution in [0.2, 0.25) is 0 Å². The monoisotopic (exact) mass is 347 g/mol. The molecule has 26 heavy (non-hydrogen) atoms. The molecule has 1 aliphatic rings. The Balaban J connectivity index is 1.64. The van der Waals surface area contributed by atoms with Crippen LogP contribution in [0, 0.1) is 6.92 Å². The Morgan fingerprint density at radius 3 is 3.00 bits per heavy atom. The van der Waals surface area contributed by atoms with Crippen LogP contribution in [0.15, 0.2) is 42.6 Å². The van der Waals surface area contributed by atoms with E-state index in [-0.39, 0.29) is 11.7 Å². The molecule has 0 saturated carbocycles. The van der Waals surface area contributed by atoms with Crippen LogP contribution < -0.4 is 10.6 Å². The summed E-state index contributed by atoms with van der Waals surface area (Å²) in [6.07, 6.45) is 2.85. The maximum Gasteiger partial charge on any atom is 0.255 e. The molecule has 0 bridgehead atoms. The van der Waals surface area contributed by atoms with E-state index in [4.69, 9.17) is 0 Å². The van der Waals surface area contributed by atoms with Gasteiger partial charge in [-0.15, -0.1) is 0 Å². The number of aromatic hydroxyl groups is 1. The smallest absolute Gasteiger partial charge is 0.255 e. The third kappa shape index (κ3) is 2.91. The molecule has 5 heteroatoms. The van der Waals surface area contributed by atoms with Crippen molar-refractivity contribution in [2.24, 2.45) is 0 Å². The van der Waals surface area contributed by atoms with Crippen molar-refractivity contribution in [3.63, 3.8) is 0 Å². The van der Waals surface area contributed by atoms with Gasteiger partial charge in [-0.1, -0.05) is 30.3 Å². The molecule has 4 rings (SSSR count). The van der Waals surface area contributed by atoms with Gasteiger partial charge in [-0.25, -0.2) is 0 Å². The van der Waals surface area contributed by atoms with Crippen molar-refractivity contribution in [2.45, 2.75) is 26.4 Å². The highest BCUT2D eigenvalue weighted by Crippen LogP contribution is 2.27. The van der Waals surface area contributed by atoms with Crippen LogP contribution in [0.4, 0.5) is 0 Å². The molecule has 3 N–H and O–H groups in total. The molecule has 0 fully saturated rings. The van der Waals surface area contributed by atoms with Crippen molar-refractivity contribution in [1.82, 2.24) is 15.6 Å². The molecule has 132 valence electrons. The number of nitrogens with one attached hydrogen (secondary N) is 2. The summed E-state index contributed by atoms with van der Waals surface area (Å²) in [4.78, 5) is 17.3. The van der Waals surface area contributed by atoms with Gasteiger partial charge in [0.05, 0.1) is 5.56 Å². The highest BCUT2D eigenvalue weighted by atomic mass is 16.3. The van der Waals surface area contributed by atoms with Crippen LogP contribution in [-0.4, -0.2) is 22.5 Å². The molecule has 3 aromatic rings. The third-order valence-corrected chi connectivity index (χ3v) is 5.03. The van der Waals surface area contributed by atoms with Gasteiger partial charge in [0, 0.05) is 25.0 Å². The first-order valence-corrected chi connectivity index (χ1v) is 8.81. The van der Waals surface area contributed by atoms with Crippen LogP contribution in [0.3, 0.4) is 0 Å². The quantitative estimate of drug-likeness (QED) is 0.681. The first-order valence-electron chi connectivity index (χ1n) is 8.81. The summed E-state index contributed by atoms with van der Waals surface area (Å²) in [6, 6.07) is 11.0. The Kier molecular flexibility index (Phi) is 4.31. The predicted molar refractivity (Wildman–Crippen MR) is 101 cm³/mol. The zero-order valence-electron chi connectivity index (χ0n) is 14.7. The molecule has 1 amide bonds. The number of phenols is 1. The Hall–Kier alpha value is -2.92. The molecule has 2 aromatic carbocycles. The number of nitrogens with zero attached hydrogens (tertiary/aromatic N) is 1. The average Bonchev–Trinajstić information content (AvgIpc) is 2.67. The van der Waals surface area contributed by atoms with Gasteiger partial charge in [0.2, 0.25) is 0 Å². The van der Waals surface area contributed by atoms with Gasteiger partial charge in [0.25, 0.3) is 5.91 Å². The van der Waals surface area contributed by atoms with E-state index >= 15 is 0 Å². The molecule has 0 spiro atoms. The first kappa shape index (κ1) is 16.5. The summed E-state index contributed by atoms with van der Waals surface area (Å²) in [5, 5.41) is 18.2. The van der Waals surface area contributed by atoms with E-state index < -0.39 is 0 Å². The largest absolute Gasteiger partial charge is 0.507 e. The minimum Gasteiger partial charge on any atom is -0.507 e. The number of amides is 1. The Morgan fingerprint density at radius 1 is 1.27 bits per heavy atom. The number of fused-ring (bicyclic) bond motifs is 2. The number of carbonyl (C=O) groups is 1. The number of rotatable bonds is 3. The van der Waals surface area contributed by atoms with Crippen molar-refractivity contribution in [3.05, 3.63) is 70.5 Å². The molecule has 0 aliphatic carbocycles. The van der Waals surface area contributed by atoms with E-state index in [1.54, 1.807) is 6.07 Å². The van der Waals surface area contributed by atoms with Gasteiger partial charge in [0.15, 0.2) is 0 Å². The number of aromatic nitrogens is 1. The van der Waals surface area contributed by atoms with E-state index in [0.29, 0.717) is 12.1 Å². The van der Waals surface area contributed by atoms with E-state index in [1.165, 1.54) is 11.1 Å². The van der Waals surface area contributed by atoms with Crippen LogP contribution in [0.5, 0.6) is 5.75 Å². The van der Waals surface area contributed by atoms with Crippen LogP contribution in [-0.2, 0) is 19.5 Å². The summed E-state index contributed by atoms with van der Waals surface area (Å²) in [5.41, 5.74) is 4.81. The Morgan fingerprint density at radius 2 is 2.12 bits per heavy atom. The molecule has 0 radical (unpaired) electrons. The Labute approximate surface area is 152 Å². The molecule has 5 nitrogen and oxygen atoms in total. The van der Waals surface area contributed by atoms with Crippen molar-refractivity contribution in [1.29, 1.82) is 0 Å². The highest BCUT2D eigenvalue weighted by molar-refractivity contribution is 6.09. The maximum absolute atomic E-state index is 12.8. The van der Waals surface area contributed by atoms with Crippen molar-refractivity contribution in [3.8, 4) is 5.75 Å². The van der Waals surface area contributed by atoms with Gasteiger partial charge >= 0.3 is 0 Å². The molecular weight excluding hydrogens is 326 g/mol. The van der Waals surface area contributed by atoms with Crippen molar-refractivity contribution < 1.29 is 9.90 Å². The standard InChI is InChI=1S/C21H21N3O2/c1-13-18(16-8-9-22-10-15(16)11-23-13)12-24-21(26)20-17-5-3-2-4-14(17)6-7-19(20)25/h2-7,11,22,25H,8-10,12H2,1H3,(H,24,26). The van der Waals surface area contributed by atoms with Gasteiger partial charge in [-0.3, -0.25) is 9.78 Å². The Bertz CT molecular complexity index is 998. The fraction of sp³-hybridized carbons (Fsp3) is 0.238. The zero-order chi connectivity index (χ0) is 18.1. The third-order valence-electron chi connectivity index (χ3n) is 5.03. The number of hydrogen-bond acceptors (Lipinski definition) is 4. The second kappa shape index (κ2) is 6.77. The SMILES string of the molecule is Cc1ncc2c(c1CNC(=O)c1c(O)ccc3ccccc13)CCNC2. The minimum absolute atomic E-state index is 0.00432. The lowest BCUT2D eigenvalue weighted by Gasteiger charge is -2.21. The molecule has 0 unspecified atom stereocenters. The normalized spacial score (nSPS) is 13.4. The summed E-state index contributed by atoms with van der Waals surface area (Å²) >= 11 is 0. The second-order valence-electron chi connectivity index (χ2n) is 6.62. The number of benzene rings is 2. The number of pyridine rings is 1. The van der Waals surface area contributed by atoms with Crippen LogP contribution >= 0.6 is 0 Å². The van der Waals surface area contributed by atoms with Crippen LogP contribution in [0.25, 0.3) is 10.8 Å². The fourth-order valence-electron chi connectivity index (χ4n) is 3.63. The highest BCUT2D eigenvalue weighted by Gasteiger charge is 2.19. The lowest BCUT2D eigenvalue weighted by atomic mass is 9.96. The average molecular weight is 347 g/mol. The lowest BCUT2D eigenvalue weighted by molar-refractivity contribution is 0.0950. The van der Waals surface area contributed by atoms with Crippen molar-refractivity contribution in [2.75, 3.05) is 6.54 Å². The van der Waals surface area contributed by atoms with E-state index in [1.807, 2.05) is 43.5 Å². The number of hydrogen-bond donors (Lipinski definition) is 3. The van der Waals surface area contributed by atoms with Gasteiger partial charge in [0.1, 0.15) is 5.75 Å². The molecular formula is C21H21N3O2. The number of carbonyl (C=O) groups excluding carboxylic acids is 1. The lowest BCUT2D eigenvalue weighted by Crippen LogP contribution is -2.29. The van der Waals surface area contributed by atoms with Crippen LogP contribution in [0.1, 0.15) is 32.7 Å². The summed E-state index contributed by atoms with van der Waals surface area (Å²) in [6.45, 7) is 4.12. The van der Waals surface area contributed by atoms with Crippen molar-refractivity contribution >= 4 is 16.7 Å². The fourth-order valence-corrected chi connectivity index (χ4v) is 3.63. The summed E-state index contributed by atoms with van der Waals surface area (Å²) < 4.78 is 0. The van der Waals surface area contributed by atoms with E-state index in [9.17, 15) is 9.90 Å².